The minimum atomic E-state index is 0.298. The fourth-order valence-electron chi connectivity index (χ4n) is 2.25. The van der Waals surface area contributed by atoms with Crippen molar-refractivity contribution in [2.75, 3.05) is 19.6 Å². The molecule has 1 N–H and O–H groups in total. The number of carbonyl (C=O) groups excluding carboxylic acids is 1. The second-order valence-electron chi connectivity index (χ2n) is 4.72. The van der Waals surface area contributed by atoms with Crippen LogP contribution in [0.4, 0.5) is 0 Å². The molecule has 18 heavy (non-hydrogen) atoms. The van der Waals surface area contributed by atoms with E-state index < -0.39 is 0 Å². The topological polar surface area (TPSA) is 32.3 Å². The van der Waals surface area contributed by atoms with Gasteiger partial charge in [0.15, 0.2) is 0 Å². The van der Waals surface area contributed by atoms with Crippen molar-refractivity contribution in [2.45, 2.75) is 25.8 Å². The minimum Gasteiger partial charge on any atom is -0.341 e. The van der Waals surface area contributed by atoms with E-state index in [0.29, 0.717) is 11.9 Å². The van der Waals surface area contributed by atoms with Crippen LogP contribution < -0.4 is 5.32 Å². The predicted molar refractivity (Wildman–Crippen MR) is 76.4 cm³/mol. The maximum atomic E-state index is 11.5. The number of rotatable bonds is 5. The first-order valence-electron chi connectivity index (χ1n) is 6.43. The van der Waals surface area contributed by atoms with E-state index in [-0.39, 0.29) is 0 Å². The van der Waals surface area contributed by atoms with Gasteiger partial charge in [-0.3, -0.25) is 4.79 Å². The Morgan fingerprint density at radius 2 is 2.33 bits per heavy atom. The van der Waals surface area contributed by atoms with Gasteiger partial charge in [-0.25, -0.2) is 0 Å². The van der Waals surface area contributed by atoms with Crippen LogP contribution in [-0.2, 0) is 4.79 Å². The minimum absolute atomic E-state index is 0.298. The van der Waals surface area contributed by atoms with Gasteiger partial charge in [0.2, 0.25) is 5.91 Å². The number of benzene rings is 1. The molecular formula is C14H19BrN2O. The van der Waals surface area contributed by atoms with E-state index in [1.165, 1.54) is 5.56 Å². The Bertz CT molecular complexity index is 422. The summed E-state index contributed by atoms with van der Waals surface area (Å²) in [5.74, 6) is 0.298. The third-order valence-electron chi connectivity index (χ3n) is 3.35. The molecule has 98 valence electrons. The van der Waals surface area contributed by atoms with E-state index >= 15 is 0 Å². The lowest BCUT2D eigenvalue weighted by Crippen LogP contribution is -2.33. The fraction of sp³-hybridized carbons (Fsp3) is 0.500. The zero-order valence-electron chi connectivity index (χ0n) is 10.7. The molecule has 1 aromatic carbocycles. The van der Waals surface area contributed by atoms with Gasteiger partial charge in [0.1, 0.15) is 0 Å². The molecule has 1 aliphatic rings. The summed E-state index contributed by atoms with van der Waals surface area (Å²) >= 11 is 3.48. The van der Waals surface area contributed by atoms with Crippen molar-refractivity contribution in [1.82, 2.24) is 10.2 Å². The van der Waals surface area contributed by atoms with Crippen LogP contribution in [0.2, 0.25) is 0 Å². The third-order valence-corrected chi connectivity index (χ3v) is 3.85. The number of likely N-dealkylation sites (tertiary alicyclic amines) is 1. The molecule has 4 heteroatoms. The van der Waals surface area contributed by atoms with Crippen molar-refractivity contribution in [1.29, 1.82) is 0 Å². The summed E-state index contributed by atoms with van der Waals surface area (Å²) in [5, 5.41) is 3.46. The molecule has 1 saturated heterocycles. The molecule has 2 rings (SSSR count). The summed E-state index contributed by atoms with van der Waals surface area (Å²) in [5.41, 5.74) is 1.26. The average Bonchev–Trinajstić information content (AvgIpc) is 2.75. The molecule has 0 radical (unpaired) electrons. The Morgan fingerprint density at radius 3 is 3.00 bits per heavy atom. The number of nitrogens with zero attached hydrogens (tertiary/aromatic N) is 1. The van der Waals surface area contributed by atoms with Crippen molar-refractivity contribution in [3.63, 3.8) is 0 Å². The molecule has 0 bridgehead atoms. The Morgan fingerprint density at radius 1 is 1.50 bits per heavy atom. The van der Waals surface area contributed by atoms with Gasteiger partial charge in [-0.2, -0.15) is 0 Å². The predicted octanol–water partition coefficient (Wildman–Crippen LogP) is 2.72. The molecule has 1 aliphatic heterocycles. The smallest absolute Gasteiger partial charge is 0.222 e. The lowest BCUT2D eigenvalue weighted by Gasteiger charge is -2.19. The van der Waals surface area contributed by atoms with Crippen LogP contribution >= 0.6 is 15.9 Å². The molecule has 1 fully saturated rings. The van der Waals surface area contributed by atoms with Crippen molar-refractivity contribution in [3.05, 3.63) is 34.3 Å². The summed E-state index contributed by atoms with van der Waals surface area (Å²) in [4.78, 5) is 13.4. The molecule has 1 heterocycles. The number of carbonyl (C=O) groups is 1. The van der Waals surface area contributed by atoms with Crippen LogP contribution in [0, 0.1) is 0 Å². The first-order chi connectivity index (χ1) is 8.66. The lowest BCUT2D eigenvalue weighted by atomic mass is 10.1. The number of hydrogen-bond donors (Lipinski definition) is 1. The molecule has 0 aliphatic carbocycles. The first-order valence-corrected chi connectivity index (χ1v) is 7.23. The summed E-state index contributed by atoms with van der Waals surface area (Å²) in [6.07, 6.45) is 1.74. The van der Waals surface area contributed by atoms with E-state index in [1.54, 1.807) is 0 Å². The summed E-state index contributed by atoms with van der Waals surface area (Å²) in [6, 6.07) is 8.61. The van der Waals surface area contributed by atoms with E-state index in [9.17, 15) is 4.79 Å². The second-order valence-corrected chi connectivity index (χ2v) is 5.63. The number of halogens is 1. The van der Waals surface area contributed by atoms with Crippen LogP contribution in [0.25, 0.3) is 0 Å². The normalized spacial score (nSPS) is 17.2. The lowest BCUT2D eigenvalue weighted by molar-refractivity contribution is -0.127. The Kier molecular flexibility index (Phi) is 4.78. The van der Waals surface area contributed by atoms with Gasteiger partial charge in [0, 0.05) is 36.6 Å². The van der Waals surface area contributed by atoms with E-state index in [4.69, 9.17) is 0 Å². The van der Waals surface area contributed by atoms with Gasteiger partial charge in [-0.15, -0.1) is 0 Å². The van der Waals surface area contributed by atoms with Crippen LogP contribution in [0.5, 0.6) is 0 Å². The van der Waals surface area contributed by atoms with Crippen molar-refractivity contribution in [3.8, 4) is 0 Å². The van der Waals surface area contributed by atoms with E-state index in [2.05, 4.69) is 40.3 Å². The molecule has 0 aromatic heterocycles. The maximum absolute atomic E-state index is 11.5. The zero-order chi connectivity index (χ0) is 13.0. The van der Waals surface area contributed by atoms with E-state index in [0.717, 1.165) is 36.9 Å². The monoisotopic (exact) mass is 310 g/mol. The standard InChI is InChI=1S/C14H19BrN2O/c1-11(12-4-2-5-13(15)10-12)16-7-9-17-8-3-6-14(17)18/h2,4-5,10-11,16H,3,6-9H2,1H3/t11-/m1/s1. The van der Waals surface area contributed by atoms with Crippen LogP contribution in [0.1, 0.15) is 31.4 Å². The highest BCUT2D eigenvalue weighted by molar-refractivity contribution is 9.10. The molecule has 0 unspecified atom stereocenters. The summed E-state index contributed by atoms with van der Waals surface area (Å²) in [6.45, 7) is 4.73. The van der Waals surface area contributed by atoms with E-state index in [1.807, 2.05) is 17.0 Å². The molecule has 0 saturated carbocycles. The second kappa shape index (κ2) is 6.34. The van der Waals surface area contributed by atoms with Gasteiger partial charge in [0.05, 0.1) is 0 Å². The Labute approximate surface area is 117 Å². The highest BCUT2D eigenvalue weighted by Gasteiger charge is 2.19. The van der Waals surface area contributed by atoms with Crippen LogP contribution in [-0.4, -0.2) is 30.4 Å². The molecule has 1 atom stereocenters. The fourth-order valence-corrected chi connectivity index (χ4v) is 2.67. The highest BCUT2D eigenvalue weighted by Crippen LogP contribution is 2.17. The van der Waals surface area contributed by atoms with Gasteiger partial charge >= 0.3 is 0 Å². The van der Waals surface area contributed by atoms with Gasteiger partial charge in [-0.1, -0.05) is 28.1 Å². The maximum Gasteiger partial charge on any atom is 0.222 e. The van der Waals surface area contributed by atoms with Crippen LogP contribution in [0.15, 0.2) is 28.7 Å². The SMILES string of the molecule is C[C@@H](NCCN1CCCC1=O)c1cccc(Br)c1. The first kappa shape index (κ1) is 13.6. The summed E-state index contributed by atoms with van der Waals surface area (Å²) in [7, 11) is 0. The number of nitrogens with one attached hydrogen (secondary N) is 1. The van der Waals surface area contributed by atoms with Crippen molar-refractivity contribution in [2.24, 2.45) is 0 Å². The number of amides is 1. The Balaban J connectivity index is 1.78. The Hall–Kier alpha value is -0.870. The molecule has 3 nitrogen and oxygen atoms in total. The average molecular weight is 311 g/mol. The number of hydrogen-bond acceptors (Lipinski definition) is 2. The largest absolute Gasteiger partial charge is 0.341 e. The highest BCUT2D eigenvalue weighted by atomic mass is 79.9. The zero-order valence-corrected chi connectivity index (χ0v) is 12.2. The third kappa shape index (κ3) is 3.56. The van der Waals surface area contributed by atoms with Gasteiger partial charge in [-0.05, 0) is 31.0 Å². The van der Waals surface area contributed by atoms with Crippen molar-refractivity contribution >= 4 is 21.8 Å². The van der Waals surface area contributed by atoms with Crippen molar-refractivity contribution < 1.29 is 4.79 Å². The van der Waals surface area contributed by atoms with Gasteiger partial charge in [0.25, 0.3) is 0 Å². The molecule has 0 spiro atoms. The molecule has 1 amide bonds. The molecular weight excluding hydrogens is 292 g/mol. The van der Waals surface area contributed by atoms with Crippen LogP contribution in [0.3, 0.4) is 0 Å². The quantitative estimate of drug-likeness (QED) is 0.907. The molecule has 1 aromatic rings. The summed E-state index contributed by atoms with van der Waals surface area (Å²) < 4.78 is 1.10. The van der Waals surface area contributed by atoms with Gasteiger partial charge < -0.3 is 10.2 Å².